The molecule has 0 bridgehead atoms. The highest BCUT2D eigenvalue weighted by atomic mass is 79.9. The van der Waals surface area contributed by atoms with Crippen molar-refractivity contribution in [2.45, 2.75) is 50.5 Å². The first-order valence-electron chi connectivity index (χ1n) is 7.17. The maximum absolute atomic E-state index is 12.7. The molecule has 1 amide bonds. The highest BCUT2D eigenvalue weighted by Gasteiger charge is 2.42. The molecular formula is C16H24BrClN2O. The van der Waals surface area contributed by atoms with Gasteiger partial charge in [-0.1, -0.05) is 40.9 Å². The molecular weight excluding hydrogens is 352 g/mol. The van der Waals surface area contributed by atoms with Gasteiger partial charge in [-0.25, -0.2) is 0 Å². The minimum absolute atomic E-state index is 0. The van der Waals surface area contributed by atoms with E-state index in [2.05, 4.69) is 33.4 Å². The van der Waals surface area contributed by atoms with Crippen LogP contribution in [0.4, 0.5) is 0 Å². The number of hydrogen-bond donors (Lipinski definition) is 2. The van der Waals surface area contributed by atoms with Gasteiger partial charge in [0.2, 0.25) is 5.91 Å². The molecule has 5 heteroatoms. The summed E-state index contributed by atoms with van der Waals surface area (Å²) >= 11 is 3.45. The van der Waals surface area contributed by atoms with E-state index < -0.39 is 0 Å². The molecule has 0 aromatic heterocycles. The van der Waals surface area contributed by atoms with Gasteiger partial charge < -0.3 is 11.1 Å². The molecule has 1 fully saturated rings. The lowest BCUT2D eigenvalue weighted by molar-refractivity contribution is -0.126. The van der Waals surface area contributed by atoms with Crippen molar-refractivity contribution in [2.75, 3.05) is 6.54 Å². The fourth-order valence-corrected chi connectivity index (χ4v) is 3.14. The summed E-state index contributed by atoms with van der Waals surface area (Å²) in [7, 11) is 0. The summed E-state index contributed by atoms with van der Waals surface area (Å²) < 4.78 is 1.04. The number of carbonyl (C=O) groups excluding carboxylic acids is 1. The molecule has 1 aromatic carbocycles. The smallest absolute Gasteiger partial charge is 0.230 e. The largest absolute Gasteiger partial charge is 0.354 e. The minimum atomic E-state index is -0.380. The van der Waals surface area contributed by atoms with Crippen LogP contribution in [0.1, 0.15) is 45.1 Å². The predicted octanol–water partition coefficient (Wildman–Crippen LogP) is 3.54. The molecule has 3 N–H and O–H groups in total. The van der Waals surface area contributed by atoms with Crippen molar-refractivity contribution >= 4 is 34.2 Å². The summed E-state index contributed by atoms with van der Waals surface area (Å²) in [6.07, 6.45) is 4.06. The first kappa shape index (κ1) is 18.5. The molecule has 118 valence electrons. The highest BCUT2D eigenvalue weighted by Crippen LogP contribution is 2.41. The van der Waals surface area contributed by atoms with Gasteiger partial charge in [-0.3, -0.25) is 4.79 Å². The molecule has 0 aliphatic heterocycles. The predicted molar refractivity (Wildman–Crippen MR) is 92.8 cm³/mol. The average Bonchev–Trinajstić information content (AvgIpc) is 2.86. The van der Waals surface area contributed by atoms with E-state index in [1.54, 1.807) is 0 Å². The summed E-state index contributed by atoms with van der Waals surface area (Å²) in [4.78, 5) is 12.7. The van der Waals surface area contributed by atoms with Crippen molar-refractivity contribution < 1.29 is 4.79 Å². The Labute approximate surface area is 141 Å². The standard InChI is InChI=1S/C16H23BrN2O.ClH/c1-15(2,18)11-19-14(20)16(9-3-4-10-16)12-5-7-13(17)8-6-12;/h5-8H,3-4,9-11,18H2,1-2H3,(H,19,20);1H. The van der Waals surface area contributed by atoms with Gasteiger partial charge in [-0.15, -0.1) is 12.4 Å². The second kappa shape index (κ2) is 7.12. The zero-order chi connectivity index (χ0) is 14.8. The lowest BCUT2D eigenvalue weighted by atomic mass is 9.78. The van der Waals surface area contributed by atoms with E-state index in [0.717, 1.165) is 35.7 Å². The Balaban J connectivity index is 0.00000220. The van der Waals surface area contributed by atoms with Crippen molar-refractivity contribution in [1.82, 2.24) is 5.32 Å². The molecule has 1 saturated carbocycles. The first-order valence-corrected chi connectivity index (χ1v) is 7.96. The van der Waals surface area contributed by atoms with E-state index in [0.29, 0.717) is 6.54 Å². The van der Waals surface area contributed by atoms with Crippen LogP contribution in [0, 0.1) is 0 Å². The Morgan fingerprint density at radius 2 is 1.81 bits per heavy atom. The minimum Gasteiger partial charge on any atom is -0.354 e. The van der Waals surface area contributed by atoms with Crippen LogP contribution in [0.25, 0.3) is 0 Å². The molecule has 0 radical (unpaired) electrons. The van der Waals surface area contributed by atoms with Crippen molar-refractivity contribution in [2.24, 2.45) is 5.73 Å². The summed E-state index contributed by atoms with van der Waals surface area (Å²) in [6.45, 7) is 4.35. The van der Waals surface area contributed by atoms with Gasteiger partial charge in [0.15, 0.2) is 0 Å². The van der Waals surface area contributed by atoms with E-state index in [9.17, 15) is 4.79 Å². The van der Waals surface area contributed by atoms with E-state index in [1.807, 2.05) is 26.0 Å². The quantitative estimate of drug-likeness (QED) is 0.845. The summed E-state index contributed by atoms with van der Waals surface area (Å²) in [5, 5.41) is 3.04. The third-order valence-electron chi connectivity index (χ3n) is 3.99. The van der Waals surface area contributed by atoms with Crippen LogP contribution in [0.2, 0.25) is 0 Å². The number of carbonyl (C=O) groups is 1. The maximum Gasteiger partial charge on any atom is 0.230 e. The summed E-state index contributed by atoms with van der Waals surface area (Å²) in [5.74, 6) is 0.121. The van der Waals surface area contributed by atoms with Gasteiger partial charge in [-0.2, -0.15) is 0 Å². The number of halogens is 2. The zero-order valence-electron chi connectivity index (χ0n) is 12.6. The molecule has 3 nitrogen and oxygen atoms in total. The van der Waals surface area contributed by atoms with Crippen LogP contribution >= 0.6 is 28.3 Å². The molecule has 2 rings (SSSR count). The first-order chi connectivity index (χ1) is 9.33. The second-order valence-electron chi connectivity index (χ2n) is 6.47. The molecule has 1 aliphatic rings. The van der Waals surface area contributed by atoms with Gasteiger partial charge in [0.1, 0.15) is 0 Å². The maximum atomic E-state index is 12.7. The Hall–Kier alpha value is -0.580. The lowest BCUT2D eigenvalue weighted by Gasteiger charge is -2.30. The molecule has 0 unspecified atom stereocenters. The number of nitrogens with one attached hydrogen (secondary N) is 1. The Kier molecular flexibility index (Phi) is 6.26. The Morgan fingerprint density at radius 1 is 1.29 bits per heavy atom. The van der Waals surface area contributed by atoms with E-state index >= 15 is 0 Å². The van der Waals surface area contributed by atoms with Crippen molar-refractivity contribution in [1.29, 1.82) is 0 Å². The van der Waals surface area contributed by atoms with Gasteiger partial charge >= 0.3 is 0 Å². The Morgan fingerprint density at radius 3 is 2.29 bits per heavy atom. The molecule has 1 aliphatic carbocycles. The SMILES string of the molecule is CC(C)(N)CNC(=O)C1(c2ccc(Br)cc2)CCCC1.Cl. The van der Waals surface area contributed by atoms with Crippen LogP contribution in [0.15, 0.2) is 28.7 Å². The van der Waals surface area contributed by atoms with Gasteiger partial charge in [0.25, 0.3) is 0 Å². The summed E-state index contributed by atoms with van der Waals surface area (Å²) in [5.41, 5.74) is 6.33. The fourth-order valence-electron chi connectivity index (χ4n) is 2.87. The molecule has 21 heavy (non-hydrogen) atoms. The molecule has 0 heterocycles. The normalized spacial score (nSPS) is 17.1. The van der Waals surface area contributed by atoms with Gasteiger partial charge in [0.05, 0.1) is 5.41 Å². The lowest BCUT2D eigenvalue weighted by Crippen LogP contribution is -2.50. The monoisotopic (exact) mass is 374 g/mol. The van der Waals surface area contributed by atoms with Crippen molar-refractivity contribution in [3.8, 4) is 0 Å². The highest BCUT2D eigenvalue weighted by molar-refractivity contribution is 9.10. The number of nitrogens with two attached hydrogens (primary N) is 1. The number of hydrogen-bond acceptors (Lipinski definition) is 2. The molecule has 0 atom stereocenters. The number of benzene rings is 1. The van der Waals surface area contributed by atoms with Gasteiger partial charge in [0, 0.05) is 16.6 Å². The fraction of sp³-hybridized carbons (Fsp3) is 0.562. The van der Waals surface area contributed by atoms with Crippen LogP contribution in [-0.2, 0) is 10.2 Å². The molecule has 0 spiro atoms. The van der Waals surface area contributed by atoms with Crippen LogP contribution in [-0.4, -0.2) is 18.0 Å². The third kappa shape index (κ3) is 4.44. The third-order valence-corrected chi connectivity index (χ3v) is 4.52. The van der Waals surface area contributed by atoms with Crippen molar-refractivity contribution in [3.63, 3.8) is 0 Å². The Bertz CT molecular complexity index is 476. The second-order valence-corrected chi connectivity index (χ2v) is 7.38. The van der Waals surface area contributed by atoms with Gasteiger partial charge in [-0.05, 0) is 44.4 Å². The topological polar surface area (TPSA) is 55.1 Å². The van der Waals surface area contributed by atoms with E-state index in [-0.39, 0.29) is 29.3 Å². The average molecular weight is 376 g/mol. The van der Waals surface area contributed by atoms with E-state index in [1.165, 1.54) is 0 Å². The number of amides is 1. The molecule has 0 saturated heterocycles. The zero-order valence-corrected chi connectivity index (χ0v) is 15.0. The van der Waals surface area contributed by atoms with Crippen LogP contribution < -0.4 is 11.1 Å². The number of rotatable bonds is 4. The summed E-state index contributed by atoms with van der Waals surface area (Å²) in [6, 6.07) is 8.14. The van der Waals surface area contributed by atoms with E-state index in [4.69, 9.17) is 5.73 Å². The van der Waals surface area contributed by atoms with Crippen LogP contribution in [0.5, 0.6) is 0 Å². The van der Waals surface area contributed by atoms with Crippen molar-refractivity contribution in [3.05, 3.63) is 34.3 Å². The van der Waals surface area contributed by atoms with Crippen LogP contribution in [0.3, 0.4) is 0 Å². The molecule has 1 aromatic rings.